The van der Waals surface area contributed by atoms with Gasteiger partial charge in [-0.15, -0.1) is 16.8 Å². The number of ether oxygens (including phenoxy) is 1. The Kier molecular flexibility index (Phi) is 8.11. The summed E-state index contributed by atoms with van der Waals surface area (Å²) in [6.07, 6.45) is 1.79. The summed E-state index contributed by atoms with van der Waals surface area (Å²) in [6, 6.07) is 14.0. The second-order valence-corrected chi connectivity index (χ2v) is 8.88. The van der Waals surface area contributed by atoms with Crippen molar-refractivity contribution in [1.82, 2.24) is 14.8 Å². The summed E-state index contributed by atoms with van der Waals surface area (Å²) in [6.45, 7) is 12.9. The fraction of sp³-hybridized carbons (Fsp3) is 0.320. The van der Waals surface area contributed by atoms with Crippen molar-refractivity contribution in [1.29, 1.82) is 0 Å². The summed E-state index contributed by atoms with van der Waals surface area (Å²) in [5, 5.41) is 12.2. The first-order valence-electron chi connectivity index (χ1n) is 10.6. The van der Waals surface area contributed by atoms with Crippen molar-refractivity contribution in [3.8, 4) is 5.75 Å². The van der Waals surface area contributed by atoms with Crippen molar-refractivity contribution >= 4 is 23.4 Å². The molecule has 0 saturated heterocycles. The fourth-order valence-electron chi connectivity index (χ4n) is 3.28. The zero-order valence-electron chi connectivity index (χ0n) is 19.1. The maximum absolute atomic E-state index is 12.6. The summed E-state index contributed by atoms with van der Waals surface area (Å²) in [5.41, 5.74) is 4.17. The Morgan fingerprint density at radius 3 is 2.75 bits per heavy atom. The zero-order valence-corrected chi connectivity index (χ0v) is 19.9. The number of anilines is 1. The Morgan fingerprint density at radius 2 is 2.00 bits per heavy atom. The molecule has 3 aromatic rings. The van der Waals surface area contributed by atoms with Gasteiger partial charge < -0.3 is 10.1 Å². The summed E-state index contributed by atoms with van der Waals surface area (Å²) in [7, 11) is 0. The zero-order chi connectivity index (χ0) is 23.1. The van der Waals surface area contributed by atoms with Gasteiger partial charge >= 0.3 is 0 Å². The first kappa shape index (κ1) is 23.6. The van der Waals surface area contributed by atoms with E-state index in [2.05, 4.69) is 42.0 Å². The Bertz CT molecular complexity index is 1090. The second kappa shape index (κ2) is 11.0. The van der Waals surface area contributed by atoms with Gasteiger partial charge in [-0.05, 0) is 48.6 Å². The van der Waals surface area contributed by atoms with Crippen LogP contribution in [0, 0.1) is 13.8 Å². The number of rotatable bonds is 10. The van der Waals surface area contributed by atoms with Gasteiger partial charge in [0, 0.05) is 12.2 Å². The number of allylic oxidation sites excluding steroid dienone is 1. The molecule has 0 aliphatic carbocycles. The highest BCUT2D eigenvalue weighted by Crippen LogP contribution is 2.25. The molecule has 6 nitrogen and oxygen atoms in total. The van der Waals surface area contributed by atoms with Crippen LogP contribution >= 0.6 is 11.8 Å². The van der Waals surface area contributed by atoms with E-state index in [1.54, 1.807) is 6.08 Å². The van der Waals surface area contributed by atoms with Crippen molar-refractivity contribution in [2.75, 3.05) is 11.1 Å². The minimum atomic E-state index is -0.0792. The molecule has 2 aromatic carbocycles. The van der Waals surface area contributed by atoms with E-state index in [9.17, 15) is 4.79 Å². The predicted molar refractivity (Wildman–Crippen MR) is 130 cm³/mol. The quantitative estimate of drug-likeness (QED) is 0.326. The Hall–Kier alpha value is -3.06. The van der Waals surface area contributed by atoms with Gasteiger partial charge in [0.05, 0.1) is 5.75 Å². The van der Waals surface area contributed by atoms with Crippen molar-refractivity contribution in [2.24, 2.45) is 0 Å². The van der Waals surface area contributed by atoms with E-state index in [0.717, 1.165) is 28.1 Å². The summed E-state index contributed by atoms with van der Waals surface area (Å²) in [4.78, 5) is 12.6. The van der Waals surface area contributed by atoms with Crippen molar-refractivity contribution in [3.05, 3.63) is 77.6 Å². The number of para-hydroxylation sites is 1. The van der Waals surface area contributed by atoms with Gasteiger partial charge in [-0.2, -0.15) is 0 Å². The highest BCUT2D eigenvalue weighted by Gasteiger charge is 2.15. The van der Waals surface area contributed by atoms with Gasteiger partial charge in [0.2, 0.25) is 5.91 Å². The largest absolute Gasteiger partial charge is 0.485 e. The van der Waals surface area contributed by atoms with E-state index in [1.165, 1.54) is 11.8 Å². The van der Waals surface area contributed by atoms with Crippen LogP contribution in [0.25, 0.3) is 0 Å². The fourth-order valence-corrected chi connectivity index (χ4v) is 4.05. The number of aryl methyl sites for hydroxylation is 2. The number of carbonyl (C=O) groups is 1. The summed E-state index contributed by atoms with van der Waals surface area (Å²) in [5.74, 6) is 2.01. The van der Waals surface area contributed by atoms with Crippen LogP contribution in [-0.2, 0) is 17.9 Å². The molecule has 1 aromatic heterocycles. The van der Waals surface area contributed by atoms with Gasteiger partial charge in [0.15, 0.2) is 11.0 Å². The molecule has 168 valence electrons. The lowest BCUT2D eigenvalue weighted by atomic mass is 10.0. The van der Waals surface area contributed by atoms with E-state index in [4.69, 9.17) is 4.74 Å². The number of aromatic nitrogens is 3. The first-order chi connectivity index (χ1) is 15.4. The van der Waals surface area contributed by atoms with Crippen molar-refractivity contribution in [3.63, 3.8) is 0 Å². The number of carbonyl (C=O) groups excluding carboxylic acids is 1. The molecule has 1 heterocycles. The minimum absolute atomic E-state index is 0.0792. The normalized spacial score (nSPS) is 10.9. The molecule has 0 spiro atoms. The molecule has 0 fully saturated rings. The number of nitrogens with one attached hydrogen (secondary N) is 1. The Balaban J connectivity index is 1.65. The molecule has 0 aliphatic heterocycles. The first-order valence-corrected chi connectivity index (χ1v) is 11.6. The Labute approximate surface area is 194 Å². The lowest BCUT2D eigenvalue weighted by Crippen LogP contribution is -2.16. The molecule has 32 heavy (non-hydrogen) atoms. The number of hydrogen-bond acceptors (Lipinski definition) is 5. The number of nitrogens with zero attached hydrogens (tertiary/aromatic N) is 3. The molecule has 0 saturated carbocycles. The van der Waals surface area contributed by atoms with Gasteiger partial charge in [-0.1, -0.05) is 62.0 Å². The Morgan fingerprint density at radius 1 is 1.22 bits per heavy atom. The second-order valence-electron chi connectivity index (χ2n) is 7.93. The smallest absolute Gasteiger partial charge is 0.234 e. The molecular weight excluding hydrogens is 420 g/mol. The third-order valence-corrected chi connectivity index (χ3v) is 5.96. The average Bonchev–Trinajstić information content (AvgIpc) is 3.15. The maximum Gasteiger partial charge on any atom is 0.234 e. The van der Waals surface area contributed by atoms with Gasteiger partial charge in [0.1, 0.15) is 12.4 Å². The molecule has 7 heteroatoms. The molecule has 0 bridgehead atoms. The van der Waals surface area contributed by atoms with E-state index in [-0.39, 0.29) is 11.7 Å². The van der Waals surface area contributed by atoms with Crippen LogP contribution in [-0.4, -0.2) is 26.4 Å². The third kappa shape index (κ3) is 6.01. The lowest BCUT2D eigenvalue weighted by molar-refractivity contribution is -0.113. The lowest BCUT2D eigenvalue weighted by Gasteiger charge is -2.13. The molecule has 3 rings (SSSR count). The number of hydrogen-bond donors (Lipinski definition) is 1. The molecule has 0 radical (unpaired) electrons. The van der Waals surface area contributed by atoms with E-state index in [1.807, 2.05) is 54.8 Å². The van der Waals surface area contributed by atoms with E-state index < -0.39 is 0 Å². The predicted octanol–water partition coefficient (Wildman–Crippen LogP) is 5.51. The van der Waals surface area contributed by atoms with Crippen LogP contribution in [0.15, 0.2) is 60.3 Å². The SMILES string of the molecule is C=CCn1c(COc2cc(C)ccc2C)nnc1SCC(=O)Nc1ccccc1C(C)C. The molecule has 0 aliphatic rings. The molecule has 0 unspecified atom stereocenters. The monoisotopic (exact) mass is 450 g/mol. The van der Waals surface area contributed by atoms with E-state index in [0.29, 0.717) is 30.1 Å². The van der Waals surface area contributed by atoms with Crippen LogP contribution in [0.2, 0.25) is 0 Å². The van der Waals surface area contributed by atoms with Crippen molar-refractivity contribution < 1.29 is 9.53 Å². The van der Waals surface area contributed by atoms with E-state index >= 15 is 0 Å². The van der Waals surface area contributed by atoms with Gasteiger partial charge in [0.25, 0.3) is 0 Å². The van der Waals surface area contributed by atoms with Gasteiger partial charge in [-0.25, -0.2) is 0 Å². The van der Waals surface area contributed by atoms with Crippen LogP contribution in [0.3, 0.4) is 0 Å². The highest BCUT2D eigenvalue weighted by molar-refractivity contribution is 7.99. The van der Waals surface area contributed by atoms with Crippen LogP contribution < -0.4 is 10.1 Å². The minimum Gasteiger partial charge on any atom is -0.485 e. The number of benzene rings is 2. The van der Waals surface area contributed by atoms with Crippen LogP contribution in [0.5, 0.6) is 5.75 Å². The van der Waals surface area contributed by atoms with Gasteiger partial charge in [-0.3, -0.25) is 9.36 Å². The molecular formula is C25H30N4O2S. The molecule has 0 atom stereocenters. The van der Waals surface area contributed by atoms with Crippen molar-refractivity contribution in [2.45, 2.75) is 51.9 Å². The third-order valence-electron chi connectivity index (χ3n) is 4.99. The van der Waals surface area contributed by atoms with Crippen LogP contribution in [0.1, 0.15) is 42.3 Å². The van der Waals surface area contributed by atoms with Crippen LogP contribution in [0.4, 0.5) is 5.69 Å². The standard InChI is InChI=1S/C25H30N4O2S/c1-6-13-29-23(15-31-22-14-18(4)11-12-19(22)5)27-28-25(29)32-16-24(30)26-21-10-8-7-9-20(21)17(2)3/h6-12,14,17H,1,13,15-16H2,2-5H3,(H,26,30). The molecule has 1 amide bonds. The number of amides is 1. The summed E-state index contributed by atoms with van der Waals surface area (Å²) >= 11 is 1.35. The summed E-state index contributed by atoms with van der Waals surface area (Å²) < 4.78 is 7.93. The number of thioether (sulfide) groups is 1. The maximum atomic E-state index is 12.6. The topological polar surface area (TPSA) is 69.0 Å². The highest BCUT2D eigenvalue weighted by atomic mass is 32.2. The molecule has 1 N–H and O–H groups in total. The average molecular weight is 451 g/mol.